The fourth-order valence-electron chi connectivity index (χ4n) is 1.17. The summed E-state index contributed by atoms with van der Waals surface area (Å²) in [6.07, 6.45) is 0. The van der Waals surface area contributed by atoms with Gasteiger partial charge in [-0.1, -0.05) is 0 Å². The van der Waals surface area contributed by atoms with Gasteiger partial charge in [0.2, 0.25) is 0 Å². The highest BCUT2D eigenvalue weighted by atomic mass is 15.0. The monoisotopic (exact) mass is 189 g/mol. The molecular weight excluding hydrogens is 174 g/mol. The molecule has 14 heavy (non-hydrogen) atoms. The first-order valence-electron chi connectivity index (χ1n) is 4.50. The van der Waals surface area contributed by atoms with Gasteiger partial charge in [0, 0.05) is 11.2 Å². The van der Waals surface area contributed by atoms with E-state index >= 15 is 0 Å². The Labute approximate surface area is 84.5 Å². The van der Waals surface area contributed by atoms with Crippen LogP contribution in [0.3, 0.4) is 0 Å². The van der Waals surface area contributed by atoms with Crippen molar-refractivity contribution in [2.45, 2.75) is 26.3 Å². The van der Waals surface area contributed by atoms with Crippen LogP contribution in [0.1, 0.15) is 26.3 Å². The number of benzene rings is 1. The molecule has 0 unspecified atom stereocenters. The molecule has 0 radical (unpaired) electrons. The molecule has 0 aliphatic rings. The number of nitriles is 1. The van der Waals surface area contributed by atoms with Crippen LogP contribution in [0.4, 0.5) is 11.4 Å². The van der Waals surface area contributed by atoms with E-state index in [4.69, 9.17) is 11.0 Å². The Morgan fingerprint density at radius 1 is 1.36 bits per heavy atom. The van der Waals surface area contributed by atoms with Gasteiger partial charge in [0.15, 0.2) is 0 Å². The topological polar surface area (TPSA) is 61.8 Å². The predicted octanol–water partition coefficient (Wildman–Crippen LogP) is 2.35. The van der Waals surface area contributed by atoms with Gasteiger partial charge < -0.3 is 11.1 Å². The van der Waals surface area contributed by atoms with Crippen molar-refractivity contribution in [1.29, 1.82) is 5.26 Å². The maximum atomic E-state index is 8.89. The molecule has 0 fully saturated rings. The lowest BCUT2D eigenvalue weighted by Gasteiger charge is -2.22. The Morgan fingerprint density at radius 2 is 2.00 bits per heavy atom. The summed E-state index contributed by atoms with van der Waals surface area (Å²) in [5.74, 6) is 0. The predicted molar refractivity (Wildman–Crippen MR) is 58.9 cm³/mol. The Kier molecular flexibility index (Phi) is 2.66. The van der Waals surface area contributed by atoms with Crippen LogP contribution in [0.2, 0.25) is 0 Å². The van der Waals surface area contributed by atoms with Gasteiger partial charge >= 0.3 is 0 Å². The van der Waals surface area contributed by atoms with E-state index in [2.05, 4.69) is 11.4 Å². The van der Waals surface area contributed by atoms with Crippen molar-refractivity contribution in [3.05, 3.63) is 23.8 Å². The van der Waals surface area contributed by atoms with E-state index in [0.29, 0.717) is 11.3 Å². The molecule has 0 saturated heterocycles. The van der Waals surface area contributed by atoms with Gasteiger partial charge in [-0.05, 0) is 39.0 Å². The summed E-state index contributed by atoms with van der Waals surface area (Å²) in [5, 5.41) is 12.1. The van der Waals surface area contributed by atoms with Gasteiger partial charge in [0.05, 0.1) is 11.3 Å². The van der Waals surface area contributed by atoms with Crippen LogP contribution >= 0.6 is 0 Å². The Morgan fingerprint density at radius 3 is 2.50 bits per heavy atom. The Bertz CT molecular complexity index is 369. The summed E-state index contributed by atoms with van der Waals surface area (Å²) < 4.78 is 0. The van der Waals surface area contributed by atoms with Gasteiger partial charge in [0.1, 0.15) is 6.07 Å². The maximum absolute atomic E-state index is 8.89. The largest absolute Gasteiger partial charge is 0.399 e. The van der Waals surface area contributed by atoms with Crippen LogP contribution in [0.15, 0.2) is 18.2 Å². The number of anilines is 2. The van der Waals surface area contributed by atoms with Crippen molar-refractivity contribution in [2.24, 2.45) is 0 Å². The second kappa shape index (κ2) is 3.59. The van der Waals surface area contributed by atoms with Crippen molar-refractivity contribution in [1.82, 2.24) is 0 Å². The van der Waals surface area contributed by atoms with Crippen LogP contribution < -0.4 is 11.1 Å². The third kappa shape index (κ3) is 2.67. The minimum absolute atomic E-state index is 0.0539. The maximum Gasteiger partial charge on any atom is 0.101 e. The molecule has 3 N–H and O–H groups in total. The summed E-state index contributed by atoms with van der Waals surface area (Å²) in [5.41, 5.74) is 7.56. The van der Waals surface area contributed by atoms with Gasteiger partial charge in [-0.2, -0.15) is 5.26 Å². The molecule has 0 spiro atoms. The molecule has 1 aromatic carbocycles. The fraction of sp³-hybridized carbons (Fsp3) is 0.364. The SMILES string of the molecule is CC(C)(C)Nc1ccc(N)cc1C#N. The molecule has 0 amide bonds. The number of hydrogen-bond acceptors (Lipinski definition) is 3. The highest BCUT2D eigenvalue weighted by Crippen LogP contribution is 2.21. The minimum Gasteiger partial charge on any atom is -0.399 e. The van der Waals surface area contributed by atoms with Gasteiger partial charge in [-0.15, -0.1) is 0 Å². The van der Waals surface area contributed by atoms with Crippen LogP contribution in [0, 0.1) is 11.3 Å². The van der Waals surface area contributed by atoms with Crippen molar-refractivity contribution in [2.75, 3.05) is 11.1 Å². The van der Waals surface area contributed by atoms with Crippen LogP contribution in [0.5, 0.6) is 0 Å². The van der Waals surface area contributed by atoms with Gasteiger partial charge in [0.25, 0.3) is 0 Å². The second-order valence-electron chi connectivity index (χ2n) is 4.29. The van der Waals surface area contributed by atoms with Gasteiger partial charge in [-0.3, -0.25) is 0 Å². The van der Waals surface area contributed by atoms with E-state index in [9.17, 15) is 0 Å². The summed E-state index contributed by atoms with van der Waals surface area (Å²) >= 11 is 0. The van der Waals surface area contributed by atoms with Gasteiger partial charge in [-0.25, -0.2) is 0 Å². The number of nitrogen functional groups attached to an aromatic ring is 1. The molecule has 0 heterocycles. The highest BCUT2D eigenvalue weighted by Gasteiger charge is 2.11. The molecule has 3 heteroatoms. The van der Waals surface area contributed by atoms with E-state index in [1.807, 2.05) is 26.8 Å². The first-order chi connectivity index (χ1) is 6.42. The number of nitrogens with zero attached hydrogens (tertiary/aromatic N) is 1. The summed E-state index contributed by atoms with van der Waals surface area (Å²) in [6.45, 7) is 6.14. The average Bonchev–Trinajstić information content (AvgIpc) is 2.06. The van der Waals surface area contributed by atoms with E-state index in [1.54, 1.807) is 12.1 Å². The second-order valence-corrected chi connectivity index (χ2v) is 4.29. The molecular formula is C11H15N3. The number of rotatable bonds is 1. The van der Waals surface area contributed by atoms with E-state index < -0.39 is 0 Å². The highest BCUT2D eigenvalue weighted by molar-refractivity contribution is 5.63. The lowest BCUT2D eigenvalue weighted by molar-refractivity contribution is 0.634. The quantitative estimate of drug-likeness (QED) is 0.666. The third-order valence-electron chi connectivity index (χ3n) is 1.67. The van der Waals surface area contributed by atoms with Crippen LogP contribution in [0.25, 0.3) is 0 Å². The average molecular weight is 189 g/mol. The molecule has 0 atom stereocenters. The molecule has 1 aromatic rings. The zero-order valence-electron chi connectivity index (χ0n) is 8.76. The molecule has 74 valence electrons. The number of nitrogens with two attached hydrogens (primary N) is 1. The molecule has 0 saturated carbocycles. The summed E-state index contributed by atoms with van der Waals surface area (Å²) in [7, 11) is 0. The normalized spacial score (nSPS) is 10.7. The molecule has 3 nitrogen and oxygen atoms in total. The number of hydrogen-bond donors (Lipinski definition) is 2. The number of nitrogens with one attached hydrogen (secondary N) is 1. The van der Waals surface area contributed by atoms with Crippen molar-refractivity contribution in [3.8, 4) is 6.07 Å². The van der Waals surface area contributed by atoms with E-state index in [0.717, 1.165) is 5.69 Å². The van der Waals surface area contributed by atoms with E-state index in [-0.39, 0.29) is 5.54 Å². The smallest absolute Gasteiger partial charge is 0.101 e. The van der Waals surface area contributed by atoms with Crippen LogP contribution in [-0.2, 0) is 0 Å². The van der Waals surface area contributed by atoms with Crippen molar-refractivity contribution < 1.29 is 0 Å². The third-order valence-corrected chi connectivity index (χ3v) is 1.67. The van der Waals surface area contributed by atoms with Crippen molar-refractivity contribution in [3.63, 3.8) is 0 Å². The first-order valence-corrected chi connectivity index (χ1v) is 4.50. The summed E-state index contributed by atoms with van der Waals surface area (Å²) in [4.78, 5) is 0. The molecule has 1 rings (SSSR count). The molecule has 0 aliphatic carbocycles. The zero-order chi connectivity index (χ0) is 10.8. The Balaban J connectivity index is 3.05. The minimum atomic E-state index is -0.0539. The first kappa shape index (κ1) is 10.4. The molecule has 0 aliphatic heterocycles. The van der Waals surface area contributed by atoms with Crippen molar-refractivity contribution >= 4 is 11.4 Å². The standard InChI is InChI=1S/C11H15N3/c1-11(2,3)14-10-5-4-9(13)6-8(10)7-12/h4-6,14H,13H2,1-3H3. The molecule has 0 aromatic heterocycles. The lowest BCUT2D eigenvalue weighted by atomic mass is 10.1. The van der Waals surface area contributed by atoms with E-state index in [1.165, 1.54) is 0 Å². The fourth-order valence-corrected chi connectivity index (χ4v) is 1.17. The Hall–Kier alpha value is -1.69. The molecule has 0 bridgehead atoms. The summed E-state index contributed by atoms with van der Waals surface area (Å²) in [6, 6.07) is 7.41. The lowest BCUT2D eigenvalue weighted by Crippen LogP contribution is -2.26. The van der Waals surface area contributed by atoms with Crippen LogP contribution in [-0.4, -0.2) is 5.54 Å². The zero-order valence-corrected chi connectivity index (χ0v) is 8.76.